The van der Waals surface area contributed by atoms with Crippen molar-refractivity contribution in [2.24, 2.45) is 5.84 Å². The van der Waals surface area contributed by atoms with Crippen LogP contribution in [0.1, 0.15) is 10.7 Å². The molecule has 2 aromatic heterocycles. The first kappa shape index (κ1) is 13.6. The molecule has 0 aliphatic rings. The van der Waals surface area contributed by atoms with Gasteiger partial charge in [-0.1, -0.05) is 12.1 Å². The molecule has 5 N–H and O–H groups in total. The zero-order chi connectivity index (χ0) is 14.8. The Morgan fingerprint density at radius 3 is 2.90 bits per heavy atom. The number of para-hydroxylation sites is 1. The van der Waals surface area contributed by atoms with E-state index in [-0.39, 0.29) is 12.5 Å². The molecule has 6 nitrogen and oxygen atoms in total. The van der Waals surface area contributed by atoms with E-state index in [0.29, 0.717) is 17.6 Å². The van der Waals surface area contributed by atoms with Crippen molar-refractivity contribution in [2.75, 3.05) is 5.73 Å². The first-order valence-electron chi connectivity index (χ1n) is 6.44. The van der Waals surface area contributed by atoms with Crippen molar-refractivity contribution in [3.63, 3.8) is 0 Å². The first-order chi connectivity index (χ1) is 10.2. The number of carbonyl (C=O) groups is 1. The van der Waals surface area contributed by atoms with Gasteiger partial charge in [0, 0.05) is 11.3 Å². The molecular formula is C14H15N5OS. The van der Waals surface area contributed by atoms with Crippen LogP contribution < -0.4 is 17.0 Å². The smallest absolute Gasteiger partial charge is 0.253 e. The Morgan fingerprint density at radius 1 is 1.33 bits per heavy atom. The SMILES string of the molecule is NNC(=O)Cn1c(Cc2cccs2)nc2c(N)cccc21. The third-order valence-corrected chi connectivity index (χ3v) is 4.14. The van der Waals surface area contributed by atoms with E-state index in [4.69, 9.17) is 11.6 Å². The minimum absolute atomic E-state index is 0.122. The van der Waals surface area contributed by atoms with Gasteiger partial charge < -0.3 is 10.3 Å². The number of hydrogen-bond donors (Lipinski definition) is 3. The number of amides is 1. The number of carbonyl (C=O) groups excluding carboxylic acids is 1. The minimum atomic E-state index is -0.274. The van der Waals surface area contributed by atoms with Crippen LogP contribution in [0.4, 0.5) is 5.69 Å². The summed E-state index contributed by atoms with van der Waals surface area (Å²) in [6, 6.07) is 9.60. The Bertz CT molecular complexity index is 778. The number of hydrazine groups is 1. The molecule has 3 aromatic rings. The second-order valence-corrected chi connectivity index (χ2v) is 5.69. The summed E-state index contributed by atoms with van der Waals surface area (Å²) in [5.74, 6) is 5.72. The molecule has 0 bridgehead atoms. The van der Waals surface area contributed by atoms with E-state index in [1.807, 2.05) is 34.2 Å². The molecule has 0 radical (unpaired) electrons. The number of hydrogen-bond acceptors (Lipinski definition) is 5. The number of nitrogens with one attached hydrogen (secondary N) is 1. The van der Waals surface area contributed by atoms with Gasteiger partial charge in [-0.3, -0.25) is 10.2 Å². The lowest BCUT2D eigenvalue weighted by Gasteiger charge is -2.07. The van der Waals surface area contributed by atoms with Gasteiger partial charge in [0.2, 0.25) is 0 Å². The fraction of sp³-hybridized carbons (Fsp3) is 0.143. The lowest BCUT2D eigenvalue weighted by atomic mass is 10.2. The van der Waals surface area contributed by atoms with Gasteiger partial charge in [0.25, 0.3) is 5.91 Å². The van der Waals surface area contributed by atoms with Crippen LogP contribution in [-0.2, 0) is 17.8 Å². The molecule has 7 heteroatoms. The van der Waals surface area contributed by atoms with Crippen LogP contribution in [0, 0.1) is 0 Å². The summed E-state index contributed by atoms with van der Waals surface area (Å²) in [5.41, 5.74) is 10.3. The second-order valence-electron chi connectivity index (χ2n) is 4.65. The highest BCUT2D eigenvalue weighted by molar-refractivity contribution is 7.09. The average Bonchev–Trinajstić information content (AvgIpc) is 3.10. The summed E-state index contributed by atoms with van der Waals surface area (Å²) < 4.78 is 1.85. The molecule has 0 saturated carbocycles. The number of aromatic nitrogens is 2. The van der Waals surface area contributed by atoms with Gasteiger partial charge in [0.15, 0.2) is 0 Å². The fourth-order valence-corrected chi connectivity index (χ4v) is 2.99. The normalized spacial score (nSPS) is 10.9. The van der Waals surface area contributed by atoms with E-state index in [9.17, 15) is 4.79 Å². The lowest BCUT2D eigenvalue weighted by Crippen LogP contribution is -2.33. The summed E-state index contributed by atoms with van der Waals surface area (Å²) in [7, 11) is 0. The highest BCUT2D eigenvalue weighted by atomic mass is 32.1. The molecule has 0 aliphatic heterocycles. The maximum absolute atomic E-state index is 11.6. The molecule has 1 amide bonds. The Hall–Kier alpha value is -2.38. The van der Waals surface area contributed by atoms with Crippen molar-refractivity contribution in [3.05, 3.63) is 46.4 Å². The summed E-state index contributed by atoms with van der Waals surface area (Å²) in [6.07, 6.45) is 0.656. The Balaban J connectivity index is 2.10. The second kappa shape index (κ2) is 5.55. The van der Waals surface area contributed by atoms with Gasteiger partial charge in [-0.15, -0.1) is 11.3 Å². The van der Waals surface area contributed by atoms with Crippen molar-refractivity contribution in [3.8, 4) is 0 Å². The number of benzene rings is 1. The van der Waals surface area contributed by atoms with Crippen LogP contribution in [-0.4, -0.2) is 15.5 Å². The van der Waals surface area contributed by atoms with Crippen LogP contribution in [0.3, 0.4) is 0 Å². The highest BCUT2D eigenvalue weighted by Gasteiger charge is 2.15. The van der Waals surface area contributed by atoms with Gasteiger partial charge in [0.05, 0.1) is 11.2 Å². The van der Waals surface area contributed by atoms with Gasteiger partial charge in [-0.05, 0) is 23.6 Å². The van der Waals surface area contributed by atoms with Crippen LogP contribution in [0.5, 0.6) is 0 Å². The molecule has 0 spiro atoms. The predicted molar refractivity (Wildman–Crippen MR) is 83.6 cm³/mol. The molecule has 0 unspecified atom stereocenters. The zero-order valence-corrected chi connectivity index (χ0v) is 12.1. The number of imidazole rings is 1. The Kier molecular flexibility index (Phi) is 3.59. The molecule has 1 aromatic carbocycles. The van der Waals surface area contributed by atoms with Gasteiger partial charge in [-0.25, -0.2) is 10.8 Å². The van der Waals surface area contributed by atoms with E-state index in [2.05, 4.69) is 10.4 Å². The number of thiophene rings is 1. The maximum atomic E-state index is 11.6. The number of fused-ring (bicyclic) bond motifs is 1. The third kappa shape index (κ3) is 2.61. The summed E-state index contributed by atoms with van der Waals surface area (Å²) >= 11 is 1.66. The van der Waals surface area contributed by atoms with E-state index in [0.717, 1.165) is 11.3 Å². The summed E-state index contributed by atoms with van der Waals surface area (Å²) in [6.45, 7) is 0.122. The van der Waals surface area contributed by atoms with Crippen LogP contribution in [0.25, 0.3) is 11.0 Å². The number of anilines is 1. The van der Waals surface area contributed by atoms with Crippen LogP contribution >= 0.6 is 11.3 Å². The number of nitrogens with two attached hydrogens (primary N) is 2. The molecule has 0 aliphatic carbocycles. The highest BCUT2D eigenvalue weighted by Crippen LogP contribution is 2.24. The largest absolute Gasteiger partial charge is 0.397 e. The van der Waals surface area contributed by atoms with Crippen LogP contribution in [0.2, 0.25) is 0 Å². The predicted octanol–water partition coefficient (Wildman–Crippen LogP) is 1.26. The molecule has 0 fully saturated rings. The van der Waals surface area contributed by atoms with Crippen molar-refractivity contribution in [2.45, 2.75) is 13.0 Å². The molecule has 3 rings (SSSR count). The lowest BCUT2D eigenvalue weighted by molar-refractivity contribution is -0.121. The zero-order valence-electron chi connectivity index (χ0n) is 11.2. The molecule has 108 valence electrons. The molecule has 0 saturated heterocycles. The van der Waals surface area contributed by atoms with Crippen molar-refractivity contribution in [1.82, 2.24) is 15.0 Å². The Morgan fingerprint density at radius 2 is 2.19 bits per heavy atom. The average molecular weight is 301 g/mol. The van der Waals surface area contributed by atoms with E-state index < -0.39 is 0 Å². The molecular weight excluding hydrogens is 286 g/mol. The topological polar surface area (TPSA) is 99.0 Å². The van der Waals surface area contributed by atoms with Crippen molar-refractivity contribution >= 4 is 34.0 Å². The van der Waals surface area contributed by atoms with Gasteiger partial charge >= 0.3 is 0 Å². The van der Waals surface area contributed by atoms with E-state index >= 15 is 0 Å². The van der Waals surface area contributed by atoms with Crippen LogP contribution in [0.15, 0.2) is 35.7 Å². The van der Waals surface area contributed by atoms with Crippen molar-refractivity contribution < 1.29 is 4.79 Å². The number of nitrogens with zero attached hydrogens (tertiary/aromatic N) is 2. The monoisotopic (exact) mass is 301 g/mol. The number of nitrogen functional groups attached to an aromatic ring is 1. The molecule has 2 heterocycles. The fourth-order valence-electron chi connectivity index (χ4n) is 2.29. The molecule has 0 atom stereocenters. The van der Waals surface area contributed by atoms with E-state index in [1.54, 1.807) is 17.4 Å². The van der Waals surface area contributed by atoms with Crippen molar-refractivity contribution in [1.29, 1.82) is 0 Å². The maximum Gasteiger partial charge on any atom is 0.253 e. The summed E-state index contributed by atoms with van der Waals surface area (Å²) in [5, 5.41) is 2.02. The molecule has 21 heavy (non-hydrogen) atoms. The van der Waals surface area contributed by atoms with Gasteiger partial charge in [0.1, 0.15) is 17.9 Å². The summed E-state index contributed by atoms with van der Waals surface area (Å²) in [4.78, 5) is 17.4. The third-order valence-electron chi connectivity index (χ3n) is 3.26. The number of rotatable bonds is 4. The Labute approximate surface area is 125 Å². The minimum Gasteiger partial charge on any atom is -0.397 e. The van der Waals surface area contributed by atoms with E-state index in [1.165, 1.54) is 4.88 Å². The first-order valence-corrected chi connectivity index (χ1v) is 7.32. The van der Waals surface area contributed by atoms with Gasteiger partial charge in [-0.2, -0.15) is 0 Å². The standard InChI is InChI=1S/C14H15N5OS/c15-10-4-1-5-11-14(10)17-12(7-9-3-2-6-21-9)19(11)8-13(20)18-16/h1-6H,7-8,15-16H2,(H,18,20). The quantitative estimate of drug-likeness (QED) is 0.292.